The van der Waals surface area contributed by atoms with Crippen LogP contribution in [-0.4, -0.2) is 39.8 Å². The molecule has 1 aromatic carbocycles. The summed E-state index contributed by atoms with van der Waals surface area (Å²) >= 11 is 12.2. The molecule has 0 unspecified atom stereocenters. The van der Waals surface area contributed by atoms with Crippen LogP contribution in [0, 0.1) is 6.92 Å². The second-order valence-corrected chi connectivity index (χ2v) is 5.44. The van der Waals surface area contributed by atoms with Crippen LogP contribution in [0.1, 0.15) is 16.2 Å². The van der Waals surface area contributed by atoms with Crippen molar-refractivity contribution in [1.29, 1.82) is 0 Å². The predicted molar refractivity (Wildman–Crippen MR) is 83.3 cm³/mol. The van der Waals surface area contributed by atoms with Crippen LogP contribution < -0.4 is 0 Å². The first kappa shape index (κ1) is 15.5. The zero-order chi connectivity index (χ0) is 15.6. The van der Waals surface area contributed by atoms with Gasteiger partial charge in [-0.05, 0) is 19.1 Å². The van der Waals surface area contributed by atoms with Crippen LogP contribution in [0.2, 0.25) is 10.0 Å². The van der Waals surface area contributed by atoms with Crippen molar-refractivity contribution in [2.75, 3.05) is 14.1 Å². The van der Waals surface area contributed by atoms with Gasteiger partial charge >= 0.3 is 0 Å². The van der Waals surface area contributed by atoms with Crippen molar-refractivity contribution in [2.45, 2.75) is 6.92 Å². The van der Waals surface area contributed by atoms with Gasteiger partial charge in [0.2, 0.25) is 5.78 Å². The van der Waals surface area contributed by atoms with Crippen LogP contribution in [-0.2, 0) is 0 Å². The molecule has 0 saturated carbocycles. The smallest absolute Gasteiger partial charge is 0.209 e. The van der Waals surface area contributed by atoms with E-state index in [0.29, 0.717) is 21.4 Å². The summed E-state index contributed by atoms with van der Waals surface area (Å²) in [5.74, 6) is -0.217. The van der Waals surface area contributed by atoms with E-state index in [2.05, 4.69) is 10.3 Å². The monoisotopic (exact) mass is 324 g/mol. The lowest BCUT2D eigenvalue weighted by molar-refractivity contribution is 0.104. The van der Waals surface area contributed by atoms with E-state index in [1.807, 2.05) is 14.1 Å². The third kappa shape index (κ3) is 3.25. The number of halogens is 2. The molecule has 2 aromatic rings. The first-order chi connectivity index (χ1) is 9.91. The fraction of sp³-hybridized carbons (Fsp3) is 0.214. The number of aromatic nitrogens is 3. The Bertz CT molecular complexity index is 707. The standard InChI is InChI=1S/C14H14Cl2N4O/c1-9-14(12(21)7-8-19(2)3)17-18-20(9)11-6-4-5-10(15)13(11)16/h4-8H,1-3H3. The van der Waals surface area contributed by atoms with Gasteiger partial charge in [0.1, 0.15) is 0 Å². The summed E-state index contributed by atoms with van der Waals surface area (Å²) in [5, 5.41) is 8.72. The molecule has 110 valence electrons. The van der Waals surface area contributed by atoms with Crippen LogP contribution >= 0.6 is 23.2 Å². The average molecular weight is 325 g/mol. The van der Waals surface area contributed by atoms with Gasteiger partial charge < -0.3 is 4.90 Å². The van der Waals surface area contributed by atoms with E-state index in [0.717, 1.165) is 0 Å². The summed E-state index contributed by atoms with van der Waals surface area (Å²) in [5.41, 5.74) is 1.47. The third-order valence-electron chi connectivity index (χ3n) is 2.81. The Balaban J connectivity index is 2.42. The summed E-state index contributed by atoms with van der Waals surface area (Å²) in [6, 6.07) is 5.21. The molecule has 0 amide bonds. The molecular formula is C14H14Cl2N4O. The molecule has 0 atom stereocenters. The molecule has 7 heteroatoms. The highest BCUT2D eigenvalue weighted by molar-refractivity contribution is 6.43. The van der Waals surface area contributed by atoms with E-state index >= 15 is 0 Å². The van der Waals surface area contributed by atoms with Gasteiger partial charge in [-0.15, -0.1) is 5.10 Å². The molecule has 0 aliphatic rings. The Morgan fingerprint density at radius 3 is 2.71 bits per heavy atom. The van der Waals surface area contributed by atoms with Crippen molar-refractivity contribution in [3.8, 4) is 5.69 Å². The SMILES string of the molecule is Cc1c(C(=O)C=CN(C)C)nnn1-c1cccc(Cl)c1Cl. The lowest BCUT2D eigenvalue weighted by Gasteiger charge is -2.06. The molecule has 0 spiro atoms. The summed E-state index contributed by atoms with van der Waals surface area (Å²) in [4.78, 5) is 13.8. The fourth-order valence-electron chi connectivity index (χ4n) is 1.74. The van der Waals surface area contributed by atoms with Crippen molar-refractivity contribution in [3.63, 3.8) is 0 Å². The first-order valence-electron chi connectivity index (χ1n) is 6.17. The van der Waals surface area contributed by atoms with Crippen LogP contribution in [0.3, 0.4) is 0 Å². The highest BCUT2D eigenvalue weighted by Crippen LogP contribution is 2.28. The van der Waals surface area contributed by atoms with E-state index in [9.17, 15) is 4.79 Å². The van der Waals surface area contributed by atoms with E-state index in [4.69, 9.17) is 23.2 Å². The van der Waals surface area contributed by atoms with Crippen LogP contribution in [0.5, 0.6) is 0 Å². The van der Waals surface area contributed by atoms with Gasteiger partial charge in [-0.2, -0.15) is 0 Å². The Morgan fingerprint density at radius 2 is 2.05 bits per heavy atom. The molecule has 21 heavy (non-hydrogen) atoms. The lowest BCUT2D eigenvalue weighted by Crippen LogP contribution is -2.05. The maximum absolute atomic E-state index is 12.1. The highest BCUT2D eigenvalue weighted by atomic mass is 35.5. The first-order valence-corrected chi connectivity index (χ1v) is 6.93. The molecule has 0 bridgehead atoms. The van der Waals surface area contributed by atoms with Crippen LogP contribution in [0.4, 0.5) is 0 Å². The molecular weight excluding hydrogens is 311 g/mol. The Hall–Kier alpha value is -1.85. The molecule has 0 aliphatic heterocycles. The highest BCUT2D eigenvalue weighted by Gasteiger charge is 2.17. The maximum atomic E-state index is 12.1. The summed E-state index contributed by atoms with van der Waals surface area (Å²) in [6.45, 7) is 1.76. The largest absolute Gasteiger partial charge is 0.383 e. The number of ketones is 1. The maximum Gasteiger partial charge on any atom is 0.209 e. The van der Waals surface area contributed by atoms with Gasteiger partial charge in [0.05, 0.1) is 21.4 Å². The quantitative estimate of drug-likeness (QED) is 0.640. The molecule has 1 aromatic heterocycles. The van der Waals surface area contributed by atoms with Gasteiger partial charge in [0.25, 0.3) is 0 Å². The minimum absolute atomic E-state index is 0.217. The van der Waals surface area contributed by atoms with Gasteiger partial charge in [0.15, 0.2) is 5.69 Å². The molecule has 0 saturated heterocycles. The van der Waals surface area contributed by atoms with E-state index in [1.54, 1.807) is 36.2 Å². The van der Waals surface area contributed by atoms with Gasteiger partial charge in [-0.3, -0.25) is 4.79 Å². The normalized spacial score (nSPS) is 11.1. The van der Waals surface area contributed by atoms with E-state index < -0.39 is 0 Å². The Kier molecular flexibility index (Phi) is 4.65. The third-order valence-corrected chi connectivity index (χ3v) is 3.62. The summed E-state index contributed by atoms with van der Waals surface area (Å²) in [7, 11) is 3.67. The van der Waals surface area contributed by atoms with Gasteiger partial charge in [-0.25, -0.2) is 4.68 Å². The molecule has 0 N–H and O–H groups in total. The van der Waals surface area contributed by atoms with Crippen molar-refractivity contribution in [3.05, 3.63) is 51.9 Å². The number of hydrogen-bond acceptors (Lipinski definition) is 4. The number of benzene rings is 1. The Labute approximate surface area is 132 Å². The van der Waals surface area contributed by atoms with E-state index in [1.165, 1.54) is 10.8 Å². The second-order valence-electron chi connectivity index (χ2n) is 4.65. The van der Waals surface area contributed by atoms with Gasteiger partial charge in [-0.1, -0.05) is 34.5 Å². The van der Waals surface area contributed by atoms with Crippen molar-refractivity contribution < 1.29 is 4.79 Å². The van der Waals surface area contributed by atoms with Crippen LogP contribution in [0.25, 0.3) is 5.69 Å². The topological polar surface area (TPSA) is 51.0 Å². The van der Waals surface area contributed by atoms with Gasteiger partial charge in [0, 0.05) is 26.4 Å². The lowest BCUT2D eigenvalue weighted by atomic mass is 10.2. The molecule has 1 heterocycles. The average Bonchev–Trinajstić information content (AvgIpc) is 2.81. The van der Waals surface area contributed by atoms with E-state index in [-0.39, 0.29) is 11.5 Å². The summed E-state index contributed by atoms with van der Waals surface area (Å²) in [6.07, 6.45) is 3.11. The molecule has 5 nitrogen and oxygen atoms in total. The molecule has 2 rings (SSSR count). The fourth-order valence-corrected chi connectivity index (χ4v) is 2.11. The zero-order valence-corrected chi connectivity index (χ0v) is 13.4. The minimum Gasteiger partial charge on any atom is -0.383 e. The predicted octanol–water partition coefficient (Wildman–Crippen LogP) is 3.14. The minimum atomic E-state index is -0.217. The Morgan fingerprint density at radius 1 is 1.33 bits per heavy atom. The number of carbonyl (C=O) groups is 1. The molecule has 0 radical (unpaired) electrons. The zero-order valence-electron chi connectivity index (χ0n) is 11.8. The molecule has 0 fully saturated rings. The second kappa shape index (κ2) is 6.28. The van der Waals surface area contributed by atoms with Crippen LogP contribution in [0.15, 0.2) is 30.5 Å². The molecule has 0 aliphatic carbocycles. The number of allylic oxidation sites excluding steroid dienone is 1. The van der Waals surface area contributed by atoms with Crippen molar-refractivity contribution >= 4 is 29.0 Å². The van der Waals surface area contributed by atoms with Crippen molar-refractivity contribution in [2.24, 2.45) is 0 Å². The number of carbonyl (C=O) groups excluding carboxylic acids is 1. The number of rotatable bonds is 4. The van der Waals surface area contributed by atoms with Crippen molar-refractivity contribution in [1.82, 2.24) is 19.9 Å². The number of hydrogen-bond donors (Lipinski definition) is 0. The number of nitrogens with zero attached hydrogens (tertiary/aromatic N) is 4. The summed E-state index contributed by atoms with van der Waals surface area (Å²) < 4.78 is 1.50.